The summed E-state index contributed by atoms with van der Waals surface area (Å²) in [6.07, 6.45) is 1.49. The van der Waals surface area contributed by atoms with Gasteiger partial charge in [-0.05, 0) is 35.5 Å². The van der Waals surface area contributed by atoms with Gasteiger partial charge in [-0.2, -0.15) is 0 Å². The van der Waals surface area contributed by atoms with Crippen molar-refractivity contribution in [2.75, 3.05) is 41.5 Å². The number of nitrogens with zero attached hydrogens (tertiary/aromatic N) is 1. The van der Waals surface area contributed by atoms with Crippen molar-refractivity contribution >= 4 is 40.9 Å². The van der Waals surface area contributed by atoms with Gasteiger partial charge in [0.1, 0.15) is 0 Å². The quantitative estimate of drug-likeness (QED) is 0.418. The van der Waals surface area contributed by atoms with E-state index in [2.05, 4.69) is 10.1 Å². The molecule has 0 atom stereocenters. The molecule has 1 heterocycles. The summed E-state index contributed by atoms with van der Waals surface area (Å²) in [6, 6.07) is 3.33. The number of nitrogens with one attached hydrogen (secondary N) is 1. The van der Waals surface area contributed by atoms with Gasteiger partial charge in [0.2, 0.25) is 11.7 Å². The van der Waals surface area contributed by atoms with Crippen molar-refractivity contribution < 1.29 is 38.1 Å². The van der Waals surface area contributed by atoms with Crippen molar-refractivity contribution in [1.82, 2.24) is 10.2 Å². The number of carbonyl (C=O) groups is 4. The first kappa shape index (κ1) is 24.1. The first-order chi connectivity index (χ1) is 14.8. The van der Waals surface area contributed by atoms with Crippen LogP contribution in [0.3, 0.4) is 0 Å². The number of esters is 1. The van der Waals surface area contributed by atoms with E-state index in [1.165, 1.54) is 28.4 Å². The topological polar surface area (TPSA) is 120 Å². The highest BCUT2D eigenvalue weighted by atomic mass is 32.2. The zero-order chi connectivity index (χ0) is 23.0. The number of hydrogen-bond donors (Lipinski definition) is 1. The zero-order valence-corrected chi connectivity index (χ0v) is 18.5. The molecule has 1 aromatic rings. The Kier molecular flexibility index (Phi) is 8.74. The summed E-state index contributed by atoms with van der Waals surface area (Å²) in [6.45, 7) is 0.0940. The highest BCUT2D eigenvalue weighted by molar-refractivity contribution is 8.18. The summed E-state index contributed by atoms with van der Waals surface area (Å²) in [7, 11) is 5.69. The van der Waals surface area contributed by atoms with E-state index in [0.717, 1.165) is 16.7 Å². The zero-order valence-electron chi connectivity index (χ0n) is 17.7. The Labute approximate surface area is 183 Å². The number of imide groups is 1. The number of rotatable bonds is 10. The molecular formula is C20H24N2O8S. The molecule has 0 radical (unpaired) electrons. The molecule has 0 aromatic heterocycles. The van der Waals surface area contributed by atoms with E-state index in [1.54, 1.807) is 18.2 Å². The lowest BCUT2D eigenvalue weighted by Crippen LogP contribution is -2.37. The standard InChI is InChI=1S/C20H24N2O8S/c1-27-13-9-12(10-14(28-2)18(13)30-4)11-15-19(25)22(20(26)31-15)8-7-21-16(23)5-6-17(24)29-3/h9-11H,5-8H2,1-4H3,(H,21,23)/b15-11+. The molecule has 3 amide bonds. The maximum atomic E-state index is 12.6. The Bertz CT molecular complexity index is 874. The molecule has 168 valence electrons. The molecule has 31 heavy (non-hydrogen) atoms. The summed E-state index contributed by atoms with van der Waals surface area (Å²) in [4.78, 5) is 48.9. The predicted molar refractivity (Wildman–Crippen MR) is 113 cm³/mol. The van der Waals surface area contributed by atoms with E-state index in [0.29, 0.717) is 22.8 Å². The number of benzene rings is 1. The SMILES string of the molecule is COC(=O)CCC(=O)NCCN1C(=O)S/C(=C/c2cc(OC)c(OC)c(OC)c2)C1=O. The van der Waals surface area contributed by atoms with Crippen molar-refractivity contribution in [1.29, 1.82) is 0 Å². The fraction of sp³-hybridized carbons (Fsp3) is 0.400. The maximum Gasteiger partial charge on any atom is 0.306 e. The maximum absolute atomic E-state index is 12.6. The molecule has 2 rings (SSSR count). The van der Waals surface area contributed by atoms with Crippen LogP contribution in [-0.4, -0.2) is 69.5 Å². The molecular weight excluding hydrogens is 428 g/mol. The molecule has 1 saturated heterocycles. The Morgan fingerprint density at radius 1 is 1.03 bits per heavy atom. The average Bonchev–Trinajstić information content (AvgIpc) is 3.03. The molecule has 1 aliphatic heterocycles. The van der Waals surface area contributed by atoms with Crippen LogP contribution in [0.5, 0.6) is 17.2 Å². The Morgan fingerprint density at radius 2 is 1.68 bits per heavy atom. The molecule has 11 heteroatoms. The van der Waals surface area contributed by atoms with Crippen molar-refractivity contribution in [3.8, 4) is 17.2 Å². The first-order valence-electron chi connectivity index (χ1n) is 9.23. The second kappa shape index (κ2) is 11.3. The van der Waals surface area contributed by atoms with Crippen LogP contribution in [0.2, 0.25) is 0 Å². The average molecular weight is 452 g/mol. The summed E-state index contributed by atoms with van der Waals surface area (Å²) in [5, 5.41) is 2.13. The van der Waals surface area contributed by atoms with E-state index in [4.69, 9.17) is 14.2 Å². The van der Waals surface area contributed by atoms with Crippen LogP contribution < -0.4 is 19.5 Å². The lowest BCUT2D eigenvalue weighted by atomic mass is 10.1. The normalized spacial score (nSPS) is 14.6. The fourth-order valence-electron chi connectivity index (χ4n) is 2.74. The lowest BCUT2D eigenvalue weighted by Gasteiger charge is -2.13. The van der Waals surface area contributed by atoms with Crippen LogP contribution in [0.1, 0.15) is 18.4 Å². The molecule has 10 nitrogen and oxygen atoms in total. The minimum absolute atomic E-state index is 0.0151. The third-order valence-corrected chi connectivity index (χ3v) is 5.21. The van der Waals surface area contributed by atoms with Gasteiger partial charge in [0.15, 0.2) is 11.5 Å². The highest BCUT2D eigenvalue weighted by Gasteiger charge is 2.34. The molecule has 0 spiro atoms. The van der Waals surface area contributed by atoms with Gasteiger partial charge >= 0.3 is 5.97 Å². The largest absolute Gasteiger partial charge is 0.493 e. The van der Waals surface area contributed by atoms with Crippen molar-refractivity contribution in [3.63, 3.8) is 0 Å². The van der Waals surface area contributed by atoms with Crippen LogP contribution >= 0.6 is 11.8 Å². The van der Waals surface area contributed by atoms with Gasteiger partial charge in [0.25, 0.3) is 11.1 Å². The molecule has 1 aromatic carbocycles. The van der Waals surface area contributed by atoms with Crippen LogP contribution in [0, 0.1) is 0 Å². The van der Waals surface area contributed by atoms with Crippen molar-refractivity contribution in [2.24, 2.45) is 0 Å². The first-order valence-corrected chi connectivity index (χ1v) is 10.0. The summed E-state index contributed by atoms with van der Waals surface area (Å²) >= 11 is 0.801. The van der Waals surface area contributed by atoms with Gasteiger partial charge in [0.05, 0.1) is 39.8 Å². The number of carbonyl (C=O) groups excluding carboxylic acids is 4. The molecule has 0 aliphatic carbocycles. The van der Waals surface area contributed by atoms with Gasteiger partial charge in [-0.3, -0.25) is 24.1 Å². The number of hydrogen-bond acceptors (Lipinski definition) is 9. The fourth-order valence-corrected chi connectivity index (χ4v) is 3.61. The van der Waals surface area contributed by atoms with E-state index < -0.39 is 17.1 Å². The van der Waals surface area contributed by atoms with Gasteiger partial charge < -0.3 is 24.3 Å². The molecule has 0 unspecified atom stereocenters. The van der Waals surface area contributed by atoms with Crippen molar-refractivity contribution in [2.45, 2.75) is 12.8 Å². The van der Waals surface area contributed by atoms with Gasteiger partial charge in [0, 0.05) is 19.5 Å². The minimum atomic E-state index is -0.488. The number of thioether (sulfide) groups is 1. The summed E-state index contributed by atoms with van der Waals surface area (Å²) < 4.78 is 20.3. The molecule has 1 fully saturated rings. The second-order valence-corrected chi connectivity index (χ2v) is 7.21. The number of methoxy groups -OCH3 is 4. The third-order valence-electron chi connectivity index (χ3n) is 4.30. The smallest absolute Gasteiger partial charge is 0.306 e. The lowest BCUT2D eigenvalue weighted by molar-refractivity contribution is -0.142. The molecule has 1 N–H and O–H groups in total. The Balaban J connectivity index is 2.04. The van der Waals surface area contributed by atoms with E-state index in [9.17, 15) is 19.2 Å². The Hall–Kier alpha value is -3.21. The van der Waals surface area contributed by atoms with Crippen LogP contribution in [0.4, 0.5) is 4.79 Å². The highest BCUT2D eigenvalue weighted by Crippen LogP contribution is 2.40. The molecule has 1 aliphatic rings. The molecule has 0 bridgehead atoms. The van der Waals surface area contributed by atoms with Gasteiger partial charge in [-0.15, -0.1) is 0 Å². The number of ether oxygens (including phenoxy) is 4. The summed E-state index contributed by atoms with van der Waals surface area (Å²) in [5.74, 6) is -0.0712. The molecule has 0 saturated carbocycles. The van der Waals surface area contributed by atoms with E-state index in [-0.39, 0.29) is 36.7 Å². The van der Waals surface area contributed by atoms with Crippen molar-refractivity contribution in [3.05, 3.63) is 22.6 Å². The van der Waals surface area contributed by atoms with Crippen LogP contribution in [-0.2, 0) is 19.1 Å². The second-order valence-electron chi connectivity index (χ2n) is 6.22. The minimum Gasteiger partial charge on any atom is -0.493 e. The van der Waals surface area contributed by atoms with Gasteiger partial charge in [-0.1, -0.05) is 0 Å². The Morgan fingerprint density at radius 3 is 2.23 bits per heavy atom. The monoisotopic (exact) mass is 452 g/mol. The van der Waals surface area contributed by atoms with Crippen LogP contribution in [0.25, 0.3) is 6.08 Å². The summed E-state index contributed by atoms with van der Waals surface area (Å²) in [5.41, 5.74) is 0.594. The predicted octanol–water partition coefficient (Wildman–Crippen LogP) is 1.82. The number of amides is 3. The van der Waals surface area contributed by atoms with E-state index in [1.807, 2.05) is 0 Å². The van der Waals surface area contributed by atoms with E-state index >= 15 is 0 Å². The van der Waals surface area contributed by atoms with Gasteiger partial charge in [-0.25, -0.2) is 0 Å². The third kappa shape index (κ3) is 6.14. The van der Waals surface area contributed by atoms with Crippen LogP contribution in [0.15, 0.2) is 17.0 Å².